The number of rotatable bonds is 2. The van der Waals surface area contributed by atoms with Gasteiger partial charge in [0.25, 0.3) is 0 Å². The summed E-state index contributed by atoms with van der Waals surface area (Å²) in [5.74, 6) is 0.982. The zero-order valence-corrected chi connectivity index (χ0v) is 10.3. The molecule has 5 nitrogen and oxygen atoms in total. The molecule has 1 aliphatic heterocycles. The molecule has 0 aliphatic carbocycles. The maximum Gasteiger partial charge on any atom is 0.224 e. The average molecular weight is 262 g/mol. The Kier molecular flexibility index (Phi) is 3.03. The van der Waals surface area contributed by atoms with Gasteiger partial charge in [0.05, 0.1) is 11.5 Å². The molecule has 7 heteroatoms. The van der Waals surface area contributed by atoms with Crippen LogP contribution in [0.5, 0.6) is 0 Å². The molecule has 0 saturated carbocycles. The summed E-state index contributed by atoms with van der Waals surface area (Å²) in [6, 6.07) is 1.67. The number of nitrogens with zero attached hydrogens (tertiary/aromatic N) is 2. The highest BCUT2D eigenvalue weighted by atomic mass is 35.5. The molecule has 1 N–H and O–H groups in total. The minimum atomic E-state index is -2.87. The molecule has 16 heavy (non-hydrogen) atoms. The maximum atomic E-state index is 11.3. The Balaban J connectivity index is 2.10. The van der Waals surface area contributed by atoms with Crippen LogP contribution in [0.15, 0.2) is 6.07 Å². The molecular formula is C9H12ClN3O2S. The summed E-state index contributed by atoms with van der Waals surface area (Å²) >= 11 is 5.71. The van der Waals surface area contributed by atoms with Crippen LogP contribution in [0.1, 0.15) is 12.1 Å². The number of anilines is 1. The van der Waals surface area contributed by atoms with Crippen molar-refractivity contribution in [2.24, 2.45) is 0 Å². The van der Waals surface area contributed by atoms with E-state index in [1.54, 1.807) is 6.07 Å². The van der Waals surface area contributed by atoms with Gasteiger partial charge in [0.1, 0.15) is 5.82 Å². The van der Waals surface area contributed by atoms with E-state index in [1.807, 2.05) is 6.92 Å². The van der Waals surface area contributed by atoms with Crippen LogP contribution in [0.4, 0.5) is 5.82 Å². The number of sulfone groups is 1. The lowest BCUT2D eigenvalue weighted by atomic mass is 10.2. The zero-order chi connectivity index (χ0) is 11.8. The predicted molar refractivity (Wildman–Crippen MR) is 62.5 cm³/mol. The van der Waals surface area contributed by atoms with Crippen molar-refractivity contribution >= 4 is 27.3 Å². The smallest absolute Gasteiger partial charge is 0.224 e. The summed E-state index contributed by atoms with van der Waals surface area (Å²) < 4.78 is 22.5. The first-order valence-corrected chi connectivity index (χ1v) is 7.13. The van der Waals surface area contributed by atoms with Gasteiger partial charge in [-0.1, -0.05) is 0 Å². The molecule has 1 aliphatic rings. The second kappa shape index (κ2) is 4.18. The van der Waals surface area contributed by atoms with Gasteiger partial charge in [-0.05, 0) is 24.9 Å². The topological polar surface area (TPSA) is 72.0 Å². The van der Waals surface area contributed by atoms with Gasteiger partial charge < -0.3 is 5.32 Å². The summed E-state index contributed by atoms with van der Waals surface area (Å²) in [4.78, 5) is 7.93. The molecule has 88 valence electrons. The highest BCUT2D eigenvalue weighted by molar-refractivity contribution is 7.91. The third kappa shape index (κ3) is 2.82. The van der Waals surface area contributed by atoms with Crippen LogP contribution in [0.2, 0.25) is 5.28 Å². The van der Waals surface area contributed by atoms with E-state index in [4.69, 9.17) is 11.6 Å². The second-order valence-electron chi connectivity index (χ2n) is 3.91. The van der Waals surface area contributed by atoms with Crippen LogP contribution in [-0.4, -0.2) is 35.9 Å². The summed E-state index contributed by atoms with van der Waals surface area (Å²) in [6.45, 7) is 1.81. The number of aryl methyl sites for hydroxylation is 1. The Morgan fingerprint density at radius 3 is 2.81 bits per heavy atom. The largest absolute Gasteiger partial charge is 0.366 e. The molecule has 1 unspecified atom stereocenters. The van der Waals surface area contributed by atoms with Crippen molar-refractivity contribution < 1.29 is 8.42 Å². The summed E-state index contributed by atoms with van der Waals surface area (Å²) in [6.07, 6.45) is 0.614. The third-order valence-corrected chi connectivity index (χ3v) is 4.35. The van der Waals surface area contributed by atoms with Gasteiger partial charge >= 0.3 is 0 Å². The van der Waals surface area contributed by atoms with Crippen LogP contribution < -0.4 is 5.32 Å². The molecule has 0 bridgehead atoms. The Morgan fingerprint density at radius 1 is 1.50 bits per heavy atom. The second-order valence-corrected chi connectivity index (χ2v) is 6.47. The molecule has 0 amide bonds. The van der Waals surface area contributed by atoms with Gasteiger partial charge in [-0.3, -0.25) is 0 Å². The number of hydrogen-bond acceptors (Lipinski definition) is 5. The molecule has 0 radical (unpaired) electrons. The SMILES string of the molecule is Cc1cc(NC2CCS(=O)(=O)C2)nc(Cl)n1. The van der Waals surface area contributed by atoms with Crippen LogP contribution in [0.3, 0.4) is 0 Å². The first-order chi connectivity index (χ1) is 7.44. The minimum Gasteiger partial charge on any atom is -0.366 e. The van der Waals surface area contributed by atoms with Crippen LogP contribution >= 0.6 is 11.6 Å². The number of aromatic nitrogens is 2. The summed E-state index contributed by atoms with van der Waals surface area (Å²) in [7, 11) is -2.87. The van der Waals surface area contributed by atoms with Gasteiger partial charge in [0, 0.05) is 17.8 Å². The Hall–Kier alpha value is -0.880. The molecule has 1 fully saturated rings. The monoisotopic (exact) mass is 261 g/mol. The van der Waals surface area contributed by atoms with Gasteiger partial charge in [0.2, 0.25) is 5.28 Å². The highest BCUT2D eigenvalue weighted by Gasteiger charge is 2.27. The standard InChI is InChI=1S/C9H12ClN3O2S/c1-6-4-8(13-9(10)11-6)12-7-2-3-16(14,15)5-7/h4,7H,2-3,5H2,1H3,(H,11,12,13). The number of halogens is 1. The number of nitrogens with one attached hydrogen (secondary N) is 1. The van der Waals surface area contributed by atoms with E-state index in [-0.39, 0.29) is 22.8 Å². The van der Waals surface area contributed by atoms with Crippen LogP contribution in [-0.2, 0) is 9.84 Å². The fourth-order valence-electron chi connectivity index (χ4n) is 1.72. The maximum absolute atomic E-state index is 11.3. The molecule has 2 heterocycles. The molecular weight excluding hydrogens is 250 g/mol. The average Bonchev–Trinajstić information content (AvgIpc) is 2.43. The van der Waals surface area contributed by atoms with Gasteiger partial charge in [-0.2, -0.15) is 0 Å². The zero-order valence-electron chi connectivity index (χ0n) is 8.77. The normalized spacial score (nSPS) is 23.2. The first-order valence-electron chi connectivity index (χ1n) is 4.93. The Bertz CT molecular complexity index is 483. The summed E-state index contributed by atoms with van der Waals surface area (Å²) in [5.41, 5.74) is 0.753. The molecule has 0 spiro atoms. The van der Waals surface area contributed by atoms with E-state index in [0.29, 0.717) is 12.2 Å². The van der Waals surface area contributed by atoms with Crippen molar-refractivity contribution in [1.82, 2.24) is 9.97 Å². The molecule has 1 atom stereocenters. The van der Waals surface area contributed by atoms with E-state index in [1.165, 1.54) is 0 Å². The van der Waals surface area contributed by atoms with Crippen LogP contribution in [0, 0.1) is 6.92 Å². The van der Waals surface area contributed by atoms with Gasteiger partial charge in [-0.25, -0.2) is 18.4 Å². The van der Waals surface area contributed by atoms with Crippen molar-refractivity contribution in [2.45, 2.75) is 19.4 Å². The minimum absolute atomic E-state index is 0.0737. The third-order valence-electron chi connectivity index (χ3n) is 2.41. The lowest BCUT2D eigenvalue weighted by Crippen LogP contribution is -2.21. The quantitative estimate of drug-likeness (QED) is 0.806. The Morgan fingerprint density at radius 2 is 2.25 bits per heavy atom. The fraction of sp³-hybridized carbons (Fsp3) is 0.556. The van der Waals surface area contributed by atoms with Crippen molar-refractivity contribution in [1.29, 1.82) is 0 Å². The molecule has 1 saturated heterocycles. The highest BCUT2D eigenvalue weighted by Crippen LogP contribution is 2.17. The molecule has 2 rings (SSSR count). The van der Waals surface area contributed by atoms with E-state index in [9.17, 15) is 8.42 Å². The molecule has 1 aromatic rings. The summed E-state index contributed by atoms with van der Waals surface area (Å²) in [5, 5.41) is 3.23. The lowest BCUT2D eigenvalue weighted by molar-refractivity contribution is 0.602. The van der Waals surface area contributed by atoms with Crippen molar-refractivity contribution in [2.75, 3.05) is 16.8 Å². The van der Waals surface area contributed by atoms with Crippen molar-refractivity contribution in [3.8, 4) is 0 Å². The number of hydrogen-bond donors (Lipinski definition) is 1. The van der Waals surface area contributed by atoms with Crippen LogP contribution in [0.25, 0.3) is 0 Å². The Labute approximate surface area is 99.2 Å². The van der Waals surface area contributed by atoms with Gasteiger partial charge in [-0.15, -0.1) is 0 Å². The van der Waals surface area contributed by atoms with Gasteiger partial charge in [0.15, 0.2) is 9.84 Å². The predicted octanol–water partition coefficient (Wildman–Crippen LogP) is 1.04. The first kappa shape index (κ1) is 11.6. The molecule has 1 aromatic heterocycles. The lowest BCUT2D eigenvalue weighted by Gasteiger charge is -2.11. The van der Waals surface area contributed by atoms with E-state index in [2.05, 4.69) is 15.3 Å². The van der Waals surface area contributed by atoms with E-state index < -0.39 is 9.84 Å². The molecule has 0 aromatic carbocycles. The van der Waals surface area contributed by atoms with Crippen molar-refractivity contribution in [3.63, 3.8) is 0 Å². The van der Waals surface area contributed by atoms with Crippen molar-refractivity contribution in [3.05, 3.63) is 17.0 Å². The van der Waals surface area contributed by atoms with E-state index in [0.717, 1.165) is 5.69 Å². The fourth-order valence-corrected chi connectivity index (χ4v) is 3.62. The van der Waals surface area contributed by atoms with E-state index >= 15 is 0 Å².